The molecule has 2 aromatic rings. The molecule has 2 aromatic carbocycles. The highest BCUT2D eigenvalue weighted by molar-refractivity contribution is 5.71. The topological polar surface area (TPSA) is 49.6 Å². The third kappa shape index (κ3) is 3.61. The Balaban J connectivity index is 1.71. The van der Waals surface area contributed by atoms with Crippen molar-refractivity contribution >= 4 is 17.1 Å². The highest BCUT2D eigenvalue weighted by Crippen LogP contribution is 2.37. The van der Waals surface area contributed by atoms with Gasteiger partial charge in [0, 0.05) is 26.2 Å². The molecule has 142 valence electrons. The Morgan fingerprint density at radius 3 is 2.30 bits per heavy atom. The van der Waals surface area contributed by atoms with Crippen LogP contribution in [-0.4, -0.2) is 24.6 Å². The molecule has 0 N–H and O–H groups in total. The van der Waals surface area contributed by atoms with E-state index < -0.39 is 10.7 Å². The van der Waals surface area contributed by atoms with E-state index in [1.807, 2.05) is 17.0 Å². The van der Waals surface area contributed by atoms with Crippen LogP contribution in [0.3, 0.4) is 0 Å². The molecule has 6 heteroatoms. The Morgan fingerprint density at radius 2 is 1.59 bits per heavy atom. The van der Waals surface area contributed by atoms with Crippen LogP contribution in [0.15, 0.2) is 36.4 Å². The first-order valence-corrected chi connectivity index (χ1v) is 9.68. The fraction of sp³-hybridized carbons (Fsp3) is 0.429. The van der Waals surface area contributed by atoms with Crippen molar-refractivity contribution in [2.75, 3.05) is 29.4 Å². The largest absolute Gasteiger partial charge is 0.366 e. The van der Waals surface area contributed by atoms with Gasteiger partial charge >= 0.3 is 0 Å². The van der Waals surface area contributed by atoms with Crippen LogP contribution in [0.5, 0.6) is 0 Å². The fourth-order valence-electron chi connectivity index (χ4n) is 4.20. The number of rotatable bonds is 3. The summed E-state index contributed by atoms with van der Waals surface area (Å²) in [6.45, 7) is 2.92. The molecule has 0 amide bonds. The minimum Gasteiger partial charge on any atom is -0.366 e. The van der Waals surface area contributed by atoms with Crippen LogP contribution in [0.1, 0.15) is 36.8 Å². The van der Waals surface area contributed by atoms with Gasteiger partial charge in [-0.05, 0) is 36.5 Å². The van der Waals surface area contributed by atoms with E-state index in [9.17, 15) is 14.5 Å². The highest BCUT2D eigenvalue weighted by Gasteiger charge is 2.27. The lowest BCUT2D eigenvalue weighted by Crippen LogP contribution is -2.31. The molecule has 5 nitrogen and oxygen atoms in total. The standard InChI is InChI=1S/C21H24FN3O2/c22-18-13-21(25(26)27)20(23-10-5-1-2-6-11-23)14-19(18)24-12-9-16-7-3-4-8-17(16)15-24/h3-4,7-8,13-14H,1-2,5-6,9-12,15H2. The normalized spacial score (nSPS) is 17.4. The smallest absolute Gasteiger partial charge is 0.295 e. The molecule has 0 bridgehead atoms. The Kier molecular flexibility index (Phi) is 4.97. The molecule has 0 atom stereocenters. The lowest BCUT2D eigenvalue weighted by molar-refractivity contribution is -0.384. The first-order valence-electron chi connectivity index (χ1n) is 9.68. The fourth-order valence-corrected chi connectivity index (χ4v) is 4.20. The number of hydrogen-bond acceptors (Lipinski definition) is 4. The number of benzene rings is 2. The summed E-state index contributed by atoms with van der Waals surface area (Å²) in [7, 11) is 0. The van der Waals surface area contributed by atoms with Gasteiger partial charge in [-0.2, -0.15) is 0 Å². The summed E-state index contributed by atoms with van der Waals surface area (Å²) in [4.78, 5) is 15.2. The Labute approximate surface area is 158 Å². The van der Waals surface area contributed by atoms with Crippen LogP contribution < -0.4 is 9.80 Å². The highest BCUT2D eigenvalue weighted by atomic mass is 19.1. The summed E-state index contributed by atoms with van der Waals surface area (Å²) >= 11 is 0. The van der Waals surface area contributed by atoms with Crippen LogP contribution in [0.2, 0.25) is 0 Å². The van der Waals surface area contributed by atoms with Crippen molar-refractivity contribution in [3.8, 4) is 0 Å². The molecular weight excluding hydrogens is 345 g/mol. The molecule has 2 aliphatic rings. The van der Waals surface area contributed by atoms with E-state index in [4.69, 9.17) is 0 Å². The van der Waals surface area contributed by atoms with E-state index in [1.54, 1.807) is 6.07 Å². The maximum absolute atomic E-state index is 14.8. The minimum absolute atomic E-state index is 0.129. The van der Waals surface area contributed by atoms with Crippen molar-refractivity contribution in [3.05, 3.63) is 63.5 Å². The maximum atomic E-state index is 14.8. The molecule has 2 heterocycles. The number of anilines is 2. The number of halogens is 1. The van der Waals surface area contributed by atoms with Crippen molar-refractivity contribution in [1.29, 1.82) is 0 Å². The summed E-state index contributed by atoms with van der Waals surface area (Å²) < 4.78 is 14.8. The Morgan fingerprint density at radius 1 is 0.889 bits per heavy atom. The van der Waals surface area contributed by atoms with Crippen molar-refractivity contribution in [1.82, 2.24) is 0 Å². The van der Waals surface area contributed by atoms with Gasteiger partial charge in [-0.3, -0.25) is 10.1 Å². The van der Waals surface area contributed by atoms with E-state index in [0.717, 1.165) is 51.3 Å². The molecule has 0 aromatic heterocycles. The van der Waals surface area contributed by atoms with E-state index in [-0.39, 0.29) is 5.69 Å². The van der Waals surface area contributed by atoms with E-state index in [2.05, 4.69) is 17.0 Å². The monoisotopic (exact) mass is 369 g/mol. The number of nitro groups is 1. The Hall–Kier alpha value is -2.63. The zero-order valence-corrected chi connectivity index (χ0v) is 15.4. The van der Waals surface area contributed by atoms with Gasteiger partial charge in [0.05, 0.1) is 16.7 Å². The van der Waals surface area contributed by atoms with Crippen molar-refractivity contribution < 1.29 is 9.31 Å². The van der Waals surface area contributed by atoms with Crippen molar-refractivity contribution in [2.45, 2.75) is 38.6 Å². The minimum atomic E-state index is -0.514. The zero-order chi connectivity index (χ0) is 18.8. The van der Waals surface area contributed by atoms with Crippen molar-refractivity contribution in [2.24, 2.45) is 0 Å². The molecule has 2 aliphatic heterocycles. The molecule has 1 saturated heterocycles. The first-order chi connectivity index (χ1) is 13.1. The van der Waals surface area contributed by atoms with E-state index in [1.165, 1.54) is 11.1 Å². The van der Waals surface area contributed by atoms with Crippen LogP contribution >= 0.6 is 0 Å². The Bertz CT molecular complexity index is 847. The summed E-state index contributed by atoms with van der Waals surface area (Å²) in [6, 6.07) is 11.0. The predicted octanol–water partition coefficient (Wildman–Crippen LogP) is 4.68. The molecule has 0 aliphatic carbocycles. The molecule has 27 heavy (non-hydrogen) atoms. The number of nitro benzene ring substituents is 1. The van der Waals surface area contributed by atoms with Crippen LogP contribution in [0, 0.1) is 15.9 Å². The average Bonchev–Trinajstić information content (AvgIpc) is 2.97. The average molecular weight is 369 g/mol. The number of nitrogens with zero attached hydrogens (tertiary/aromatic N) is 3. The third-order valence-corrected chi connectivity index (χ3v) is 5.66. The van der Waals surface area contributed by atoms with E-state index in [0.29, 0.717) is 24.5 Å². The van der Waals surface area contributed by atoms with Crippen LogP contribution in [-0.2, 0) is 13.0 Å². The second kappa shape index (κ2) is 7.55. The second-order valence-corrected chi connectivity index (χ2v) is 7.39. The molecule has 0 spiro atoms. The molecule has 0 saturated carbocycles. The lowest BCUT2D eigenvalue weighted by Gasteiger charge is -2.32. The van der Waals surface area contributed by atoms with Gasteiger partial charge in [0.1, 0.15) is 5.69 Å². The van der Waals surface area contributed by atoms with Gasteiger partial charge < -0.3 is 9.80 Å². The molecule has 1 fully saturated rings. The lowest BCUT2D eigenvalue weighted by atomic mass is 9.99. The third-order valence-electron chi connectivity index (χ3n) is 5.66. The maximum Gasteiger partial charge on any atom is 0.295 e. The summed E-state index contributed by atoms with van der Waals surface area (Å²) in [5, 5.41) is 11.6. The predicted molar refractivity (Wildman–Crippen MR) is 105 cm³/mol. The van der Waals surface area contributed by atoms with Crippen LogP contribution in [0.25, 0.3) is 0 Å². The van der Waals surface area contributed by atoms with Gasteiger partial charge in [0.2, 0.25) is 0 Å². The van der Waals surface area contributed by atoms with Gasteiger partial charge in [0.15, 0.2) is 5.82 Å². The van der Waals surface area contributed by atoms with Crippen molar-refractivity contribution in [3.63, 3.8) is 0 Å². The summed E-state index contributed by atoms with van der Waals surface area (Å²) in [5.74, 6) is -0.514. The van der Waals surface area contributed by atoms with Gasteiger partial charge in [0.25, 0.3) is 5.69 Å². The summed E-state index contributed by atoms with van der Waals surface area (Å²) in [6.07, 6.45) is 5.16. The van der Waals surface area contributed by atoms with Gasteiger partial charge in [-0.25, -0.2) is 4.39 Å². The van der Waals surface area contributed by atoms with Crippen LogP contribution in [0.4, 0.5) is 21.5 Å². The van der Waals surface area contributed by atoms with Gasteiger partial charge in [-0.1, -0.05) is 37.1 Å². The molecule has 0 radical (unpaired) electrons. The molecule has 4 rings (SSSR count). The zero-order valence-electron chi connectivity index (χ0n) is 15.4. The number of fused-ring (bicyclic) bond motifs is 1. The first kappa shape index (κ1) is 17.8. The number of hydrogen-bond donors (Lipinski definition) is 0. The van der Waals surface area contributed by atoms with Gasteiger partial charge in [-0.15, -0.1) is 0 Å². The summed E-state index contributed by atoms with van der Waals surface area (Å²) in [5.41, 5.74) is 3.38. The second-order valence-electron chi connectivity index (χ2n) is 7.39. The quantitative estimate of drug-likeness (QED) is 0.582. The van der Waals surface area contributed by atoms with E-state index >= 15 is 0 Å². The molecular formula is C21H24FN3O2. The molecule has 0 unspecified atom stereocenters. The SMILES string of the molecule is O=[N+]([O-])c1cc(F)c(N2CCc3ccccc3C2)cc1N1CCCCCC1.